The van der Waals surface area contributed by atoms with Gasteiger partial charge in [-0.3, -0.25) is 9.98 Å². The summed E-state index contributed by atoms with van der Waals surface area (Å²) < 4.78 is 65.2. The monoisotopic (exact) mass is 788 g/mol. The zero-order valence-corrected chi connectivity index (χ0v) is 32.5. The van der Waals surface area contributed by atoms with Gasteiger partial charge >= 0.3 is 0 Å². The van der Waals surface area contributed by atoms with Crippen LogP contribution in [0.5, 0.6) is 0 Å². The summed E-state index contributed by atoms with van der Waals surface area (Å²) in [5.74, 6) is 6.03. The number of ether oxygens (including phenoxy) is 12. The number of nitrogens with zero attached hydrogens (tertiary/aromatic N) is 3. The summed E-state index contributed by atoms with van der Waals surface area (Å²) >= 11 is 3.36. The molecular weight excluding hydrogens is 725 g/mol. The van der Waals surface area contributed by atoms with Gasteiger partial charge in [0.2, 0.25) is 0 Å². The lowest BCUT2D eigenvalue weighted by Crippen LogP contribution is -2.17. The Morgan fingerprint density at radius 3 is 1.40 bits per heavy atom. The van der Waals surface area contributed by atoms with Crippen LogP contribution in [0.3, 0.4) is 0 Å². The van der Waals surface area contributed by atoms with Crippen LogP contribution >= 0.6 is 23.5 Å². The Kier molecular flexibility index (Phi) is 44.4. The van der Waals surface area contributed by atoms with Gasteiger partial charge < -0.3 is 74.2 Å². The van der Waals surface area contributed by atoms with Gasteiger partial charge in [0.15, 0.2) is 0 Å². The van der Waals surface area contributed by atoms with E-state index >= 15 is 0 Å². The van der Waals surface area contributed by atoms with E-state index in [-0.39, 0.29) is 19.9 Å². The van der Waals surface area contributed by atoms with Crippen LogP contribution in [0.15, 0.2) is 27.0 Å². The summed E-state index contributed by atoms with van der Waals surface area (Å²) in [5, 5.41) is 4.64. The Labute approximate surface area is 318 Å². The van der Waals surface area contributed by atoms with Gasteiger partial charge in [0, 0.05) is 11.3 Å². The lowest BCUT2D eigenvalue weighted by molar-refractivity contribution is -0.0150. The van der Waals surface area contributed by atoms with Gasteiger partial charge in [0.25, 0.3) is 0 Å². The van der Waals surface area contributed by atoms with Crippen LogP contribution in [0.1, 0.15) is 0 Å². The molecule has 0 heterocycles. The molecule has 0 saturated carbocycles. The van der Waals surface area contributed by atoms with E-state index in [1.807, 2.05) is 6.26 Å². The molecular formula is C32H64N6O12S2. The van der Waals surface area contributed by atoms with E-state index in [9.17, 15) is 0 Å². The molecule has 0 unspecified atom stereocenters. The van der Waals surface area contributed by atoms with E-state index in [1.165, 1.54) is 0 Å². The molecule has 18 nitrogen and oxygen atoms in total. The van der Waals surface area contributed by atoms with Gasteiger partial charge in [0.1, 0.15) is 18.1 Å². The van der Waals surface area contributed by atoms with Crippen molar-refractivity contribution in [2.24, 2.45) is 32.4 Å². The summed E-state index contributed by atoms with van der Waals surface area (Å²) in [5.41, 5.74) is 13.2. The highest BCUT2D eigenvalue weighted by Crippen LogP contribution is 2.05. The molecule has 6 N–H and O–H groups in total. The molecule has 0 atom stereocenters. The van der Waals surface area contributed by atoms with Crippen molar-refractivity contribution >= 4 is 41.0 Å². The second-order valence-corrected chi connectivity index (χ2v) is 11.8. The highest BCUT2D eigenvalue weighted by molar-refractivity contribution is 8.22. The van der Waals surface area contributed by atoms with Crippen molar-refractivity contribution in [2.75, 3.05) is 177 Å². The summed E-state index contributed by atoms with van der Waals surface area (Å²) in [6.07, 6.45) is 5.25. The quantitative estimate of drug-likeness (QED) is 0.0144. The third-order valence-corrected chi connectivity index (χ3v) is 7.50. The van der Waals surface area contributed by atoms with Gasteiger partial charge in [-0.05, 0) is 6.26 Å². The van der Waals surface area contributed by atoms with E-state index in [1.54, 1.807) is 41.5 Å². The normalized spacial score (nSPS) is 12.6. The average molecular weight is 789 g/mol. The summed E-state index contributed by atoms with van der Waals surface area (Å²) in [7, 11) is 0. The van der Waals surface area contributed by atoms with E-state index in [0.717, 1.165) is 5.08 Å². The van der Waals surface area contributed by atoms with Gasteiger partial charge in [0.05, 0.1) is 170 Å². The van der Waals surface area contributed by atoms with Crippen molar-refractivity contribution in [3.05, 3.63) is 12.0 Å². The fraction of sp³-hybridized carbons (Fsp3) is 0.844. The van der Waals surface area contributed by atoms with Crippen LogP contribution in [0.4, 0.5) is 0 Å². The Hall–Kier alpha value is -1.47. The van der Waals surface area contributed by atoms with Crippen molar-refractivity contribution in [1.29, 1.82) is 0 Å². The van der Waals surface area contributed by atoms with E-state index in [0.29, 0.717) is 157 Å². The van der Waals surface area contributed by atoms with E-state index in [4.69, 9.17) is 74.2 Å². The molecule has 52 heavy (non-hydrogen) atoms. The number of thioether (sulfide) groups is 2. The van der Waals surface area contributed by atoms with Gasteiger partial charge in [-0.25, -0.2) is 0 Å². The molecule has 0 rings (SSSR count). The summed E-state index contributed by atoms with van der Waals surface area (Å²) in [4.78, 5) is 8.42. The first-order chi connectivity index (χ1) is 25.8. The Morgan fingerprint density at radius 1 is 0.558 bits per heavy atom. The minimum atomic E-state index is 0.199. The average Bonchev–Trinajstić information content (AvgIpc) is 3.16. The predicted molar refractivity (Wildman–Crippen MR) is 206 cm³/mol. The van der Waals surface area contributed by atoms with Gasteiger partial charge in [-0.2, -0.15) is 16.9 Å². The molecule has 0 saturated heterocycles. The second kappa shape index (κ2) is 45.7. The largest absolute Gasteiger partial charge is 0.493 e. The van der Waals surface area contributed by atoms with Crippen LogP contribution in [-0.4, -0.2) is 194 Å². The minimum Gasteiger partial charge on any atom is -0.493 e. The van der Waals surface area contributed by atoms with E-state index in [2.05, 4.69) is 15.1 Å². The number of hydrogen-bond donors (Lipinski definition) is 3. The Balaban J connectivity index is 3.39. The maximum Gasteiger partial charge on any atom is 0.128 e. The van der Waals surface area contributed by atoms with Crippen molar-refractivity contribution < 1.29 is 56.8 Å². The maximum atomic E-state index is 5.66. The standard InChI is InChI=1S/C32H64N6O12S2/c1-51-30-52-29-37-26-32(24-33)50-23-22-47-17-16-44-11-10-41-7-6-40-5-4-39-3-2-36-25-31(38-35)27-48-20-18-45-14-12-42-8-9-43-13-15-46-19-21-49-28-34/h25-26,29H,2-24,27-28,30,33-35H2,1H3/b32-26+,36-25?,37-29?,38-31?. The first kappa shape index (κ1) is 50.5. The van der Waals surface area contributed by atoms with Crippen molar-refractivity contribution in [3.63, 3.8) is 0 Å². The number of hydrogen-bond acceptors (Lipinski definition) is 20. The molecule has 0 aromatic rings. The third kappa shape index (κ3) is 41.3. The molecule has 0 aliphatic heterocycles. The molecule has 0 spiro atoms. The SMILES string of the molecule is CSCSC=N/C=C(\CN)OCCOCCOCCOCCOCCOCCN=CC(COCCOCCOCCOCCOCCOCN)=NN. The van der Waals surface area contributed by atoms with Crippen LogP contribution < -0.4 is 17.3 Å². The van der Waals surface area contributed by atoms with Gasteiger partial charge in [-0.15, -0.1) is 11.8 Å². The first-order valence-electron chi connectivity index (χ1n) is 17.2. The molecule has 0 aliphatic rings. The lowest BCUT2D eigenvalue weighted by atomic mass is 10.4. The van der Waals surface area contributed by atoms with Crippen LogP contribution in [0, 0.1) is 0 Å². The van der Waals surface area contributed by atoms with E-state index < -0.39 is 0 Å². The number of nitrogens with two attached hydrogens (primary N) is 3. The zero-order valence-electron chi connectivity index (χ0n) is 30.9. The van der Waals surface area contributed by atoms with Crippen LogP contribution in [0.25, 0.3) is 0 Å². The maximum absolute atomic E-state index is 5.66. The smallest absolute Gasteiger partial charge is 0.128 e. The third-order valence-electron chi connectivity index (χ3n) is 5.74. The summed E-state index contributed by atoms with van der Waals surface area (Å²) in [6, 6.07) is 0. The first-order valence-corrected chi connectivity index (χ1v) is 19.7. The molecule has 0 amide bonds. The topological polar surface area (TPSA) is 226 Å². The molecule has 0 radical (unpaired) electrons. The molecule has 306 valence electrons. The fourth-order valence-corrected chi connectivity index (χ4v) is 4.20. The second-order valence-electron chi connectivity index (χ2n) is 9.77. The molecule has 0 aromatic carbocycles. The molecule has 0 aliphatic carbocycles. The number of hydrazone groups is 1. The zero-order chi connectivity index (χ0) is 37.7. The minimum absolute atomic E-state index is 0.199. The van der Waals surface area contributed by atoms with Crippen LogP contribution in [0.2, 0.25) is 0 Å². The van der Waals surface area contributed by atoms with Crippen molar-refractivity contribution in [3.8, 4) is 0 Å². The summed E-state index contributed by atoms with van der Waals surface area (Å²) in [6.45, 7) is 11.0. The molecule has 20 heteroatoms. The molecule has 0 bridgehead atoms. The van der Waals surface area contributed by atoms with Gasteiger partial charge in [-0.1, -0.05) is 0 Å². The predicted octanol–water partition coefficient (Wildman–Crippen LogP) is 0.369. The van der Waals surface area contributed by atoms with Crippen molar-refractivity contribution in [1.82, 2.24) is 0 Å². The van der Waals surface area contributed by atoms with Crippen molar-refractivity contribution in [2.45, 2.75) is 0 Å². The molecule has 0 aromatic heterocycles. The number of aliphatic imine (C=N–C) groups is 2. The Bertz CT molecular complexity index is 854. The van der Waals surface area contributed by atoms with Crippen LogP contribution in [-0.2, 0) is 56.8 Å². The fourth-order valence-electron chi connectivity index (χ4n) is 3.27. The highest BCUT2D eigenvalue weighted by atomic mass is 32.2. The molecule has 0 fully saturated rings. The highest BCUT2D eigenvalue weighted by Gasteiger charge is 1.99. The number of rotatable bonds is 43. The Morgan fingerprint density at radius 2 is 0.981 bits per heavy atom. The lowest BCUT2D eigenvalue weighted by Gasteiger charge is -2.09.